The summed E-state index contributed by atoms with van der Waals surface area (Å²) in [5.41, 5.74) is 5.36. The summed E-state index contributed by atoms with van der Waals surface area (Å²) >= 11 is 0.224. The van der Waals surface area contributed by atoms with Crippen LogP contribution in [0.4, 0.5) is 23.8 Å². The van der Waals surface area contributed by atoms with Crippen LogP contribution in [-0.2, 0) is 16.1 Å². The summed E-state index contributed by atoms with van der Waals surface area (Å²) in [4.78, 5) is 48.4. The average Bonchev–Trinajstić information content (AvgIpc) is 3.76. The number of hydrogen-bond acceptors (Lipinski definition) is 10. The van der Waals surface area contributed by atoms with Crippen molar-refractivity contribution in [2.45, 2.75) is 98.7 Å². The molecule has 1 aromatic carbocycles. The fourth-order valence-corrected chi connectivity index (χ4v) is 9.67. The molecule has 0 radical (unpaired) electrons. The Morgan fingerprint density at radius 3 is 2.55 bits per heavy atom. The van der Waals surface area contributed by atoms with E-state index in [1.54, 1.807) is 19.1 Å². The third kappa shape index (κ3) is 6.95. The maximum absolute atomic E-state index is 17.3. The molecular weight excluding hydrogens is 906 g/mol. The number of nitrogens with two attached hydrogens (primary N) is 1. The van der Waals surface area contributed by atoms with E-state index in [1.807, 2.05) is 30.6 Å². The number of amides is 2. The molecule has 2 bridgehead atoms. The predicted octanol–water partition coefficient (Wildman–Crippen LogP) is 4.88. The molecule has 7 heterocycles. The molecule has 2 aromatic heterocycles. The third-order valence-corrected chi connectivity index (χ3v) is 13.6. The topological polar surface area (TPSA) is 130 Å². The van der Waals surface area contributed by atoms with Crippen LogP contribution in [0.15, 0.2) is 30.6 Å². The number of rotatable bonds is 7. The number of hydrogen-bond donors (Lipinski definition) is 1. The zero-order chi connectivity index (χ0) is 39.0. The zero-order valence-electron chi connectivity index (χ0n) is 31.7. The Labute approximate surface area is 334 Å². The summed E-state index contributed by atoms with van der Waals surface area (Å²) in [5.74, 6) is -1.22. The normalized spacial score (nSPS) is 26.1. The van der Waals surface area contributed by atoms with Crippen LogP contribution in [0.3, 0.4) is 0 Å². The Morgan fingerprint density at radius 2 is 1.84 bits per heavy atom. The van der Waals surface area contributed by atoms with Gasteiger partial charge in [0.25, 0.3) is 0 Å². The molecule has 12 nitrogen and oxygen atoms in total. The Kier molecular flexibility index (Phi) is 9.83. The van der Waals surface area contributed by atoms with Gasteiger partial charge in [-0.2, -0.15) is 0 Å². The number of piperazine rings is 1. The molecule has 5 aliphatic rings. The van der Waals surface area contributed by atoms with Crippen molar-refractivity contribution in [2.75, 3.05) is 44.2 Å². The van der Waals surface area contributed by atoms with Gasteiger partial charge >= 0.3 is 217 Å². The number of aromatic nitrogens is 3. The van der Waals surface area contributed by atoms with E-state index >= 15 is 8.78 Å². The van der Waals surface area contributed by atoms with Gasteiger partial charge in [0.05, 0.1) is 17.6 Å². The second-order valence-electron chi connectivity index (χ2n) is 16.9. The van der Waals surface area contributed by atoms with Crippen LogP contribution in [0.1, 0.15) is 76.6 Å². The van der Waals surface area contributed by atoms with Gasteiger partial charge in [-0.15, -0.1) is 0 Å². The second kappa shape index (κ2) is 14.1. The van der Waals surface area contributed by atoms with E-state index in [4.69, 9.17) is 20.2 Å². The first kappa shape index (κ1) is 38.3. The fraction of sp³-hybridized carbons (Fsp3) is 0.564. The van der Waals surface area contributed by atoms with Crippen LogP contribution in [0, 0.1) is 11.6 Å². The molecule has 4 fully saturated rings. The van der Waals surface area contributed by atoms with E-state index in [2.05, 4.69) is 14.9 Å². The number of fused-ring (bicyclic) bond motifs is 5. The Balaban J connectivity index is 1.22. The average molecular weight is 952 g/mol. The molecule has 0 aliphatic carbocycles. The molecule has 5 aliphatic heterocycles. The number of pyridine rings is 1. The van der Waals surface area contributed by atoms with Gasteiger partial charge in [-0.3, -0.25) is 9.80 Å². The first-order valence-electron chi connectivity index (χ1n) is 19.0. The van der Waals surface area contributed by atoms with Gasteiger partial charge in [0.1, 0.15) is 11.8 Å². The van der Waals surface area contributed by atoms with Crippen molar-refractivity contribution in [1.82, 2.24) is 29.7 Å². The van der Waals surface area contributed by atoms with Gasteiger partial charge in [0.2, 0.25) is 0 Å². The molecular formula is C39H46F3N8O4Tl. The van der Waals surface area contributed by atoms with Crippen LogP contribution >= 0.6 is 0 Å². The molecule has 0 saturated carbocycles. The molecule has 55 heavy (non-hydrogen) atoms. The summed E-state index contributed by atoms with van der Waals surface area (Å²) in [6, 6.07) is 4.18. The molecule has 290 valence electrons. The second-order valence-corrected chi connectivity index (χ2v) is 21.9. The van der Waals surface area contributed by atoms with Crippen molar-refractivity contribution < 1.29 is 32.2 Å². The Hall–Kier alpha value is -3.58. The Morgan fingerprint density at radius 1 is 1.09 bits per heavy atom. The summed E-state index contributed by atoms with van der Waals surface area (Å²) in [7, 11) is 0. The molecule has 16 heteroatoms. The van der Waals surface area contributed by atoms with E-state index < -0.39 is 31.9 Å². The molecule has 2 unspecified atom stereocenters. The number of ether oxygens (including phenoxy) is 2. The minimum atomic E-state index is -0.962. The predicted molar refractivity (Wildman–Crippen MR) is 200 cm³/mol. The number of anilines is 1. The van der Waals surface area contributed by atoms with Crippen molar-refractivity contribution in [2.24, 2.45) is 5.73 Å². The number of carbonyl (C=O) groups excluding carboxylic acids is 2. The third-order valence-electron chi connectivity index (χ3n) is 11.7. The van der Waals surface area contributed by atoms with Crippen molar-refractivity contribution in [1.29, 1.82) is 0 Å². The zero-order valence-corrected chi connectivity index (χ0v) is 36.1. The fourth-order valence-electron chi connectivity index (χ4n) is 9.03. The van der Waals surface area contributed by atoms with Crippen LogP contribution in [0.2, 0.25) is 2.97 Å². The summed E-state index contributed by atoms with van der Waals surface area (Å²) < 4.78 is 58.9. The molecule has 2 N–H and O–H groups in total. The van der Waals surface area contributed by atoms with E-state index in [1.165, 1.54) is 23.4 Å². The van der Waals surface area contributed by atoms with Gasteiger partial charge in [0, 0.05) is 13.0 Å². The van der Waals surface area contributed by atoms with Crippen molar-refractivity contribution >= 4 is 60.1 Å². The summed E-state index contributed by atoms with van der Waals surface area (Å²) in [5, 5.41) is 0.318. The van der Waals surface area contributed by atoms with E-state index in [-0.39, 0.29) is 97.9 Å². The monoisotopic (exact) mass is 952 g/mol. The molecule has 3 aromatic rings. The van der Waals surface area contributed by atoms with Crippen LogP contribution in [0.25, 0.3) is 16.5 Å². The van der Waals surface area contributed by atoms with Gasteiger partial charge in [-0.1, -0.05) is 0 Å². The van der Waals surface area contributed by atoms with Crippen LogP contribution in [-0.4, -0.2) is 136 Å². The number of halogens is 3. The first-order chi connectivity index (χ1) is 26.1. The number of benzene rings is 1. The van der Waals surface area contributed by atoms with E-state index in [9.17, 15) is 14.0 Å². The summed E-state index contributed by atoms with van der Waals surface area (Å²) in [6.45, 7) is 9.65. The molecule has 8 rings (SSSR count). The molecule has 0 spiro atoms. The minimum absolute atomic E-state index is 0.0688. The van der Waals surface area contributed by atoms with Gasteiger partial charge in [-0.05, 0) is 53.0 Å². The SMILES string of the molecule is CC(C)(C)OC(=O)N1C2CCC1CN(c1nc(OC[C@@]34CCCN3C[C@H](F)C4)nc3c(F)c(C4=CN(C(=O)[C@](C)([Tl])CN)Cc5cccc(F)c54)ncc13)C2. The van der Waals surface area contributed by atoms with Gasteiger partial charge in [0.15, 0.2) is 0 Å². The summed E-state index contributed by atoms with van der Waals surface area (Å²) in [6.07, 6.45) is 5.19. The Bertz CT molecular complexity index is 2070. The van der Waals surface area contributed by atoms with E-state index in [0.717, 1.165) is 32.2 Å². The van der Waals surface area contributed by atoms with Crippen molar-refractivity contribution in [3.8, 4) is 6.01 Å². The van der Waals surface area contributed by atoms with Gasteiger partial charge in [-0.25, -0.2) is 9.18 Å². The van der Waals surface area contributed by atoms with Crippen LogP contribution in [0.5, 0.6) is 6.01 Å². The quantitative estimate of drug-likeness (QED) is 0.328. The molecule has 4 saturated heterocycles. The standard InChI is InChI=1S/C39H46F3N8O4.Tl/c1-22(14-43)35(51)48-16-23-7-5-8-29(41)30(23)28(20-48)32-31(42)33-27(15-44-32)34(46-36(45-33)53-21-39-11-6-12-49(39)17-24(40)13-39)47-18-25-9-10-26(19-47)50(25)37(52)54-38(2,3)4;/h5,7-8,15,20,24-26H,6,9-14,16-19,21,43H2,1-4H3;/t24-,25?,26?,39+;/m1./s1. The first-order valence-corrected chi connectivity index (χ1v) is 21.3. The van der Waals surface area contributed by atoms with Crippen LogP contribution < -0.4 is 15.4 Å². The van der Waals surface area contributed by atoms with Crippen molar-refractivity contribution in [3.05, 3.63) is 59.1 Å². The van der Waals surface area contributed by atoms with Crippen molar-refractivity contribution in [3.63, 3.8) is 0 Å². The van der Waals surface area contributed by atoms with E-state index in [0.29, 0.717) is 42.8 Å². The maximum atomic E-state index is 17.3. The number of alkyl halides is 1. The van der Waals surface area contributed by atoms with Gasteiger partial charge < -0.3 is 4.74 Å². The number of carbonyl (C=O) groups is 2. The molecule has 5 atom stereocenters. The molecule has 2 amide bonds. The number of nitrogens with zero attached hydrogens (tertiary/aromatic N) is 7.